The standard InChI is InChI=1S/C24H27FN2O4/c1-16(28)18-8-9-19(20(25)14-18)15-30-22-7-5-6-21(26-22)17-10-12-27(13-11-17)23(29)31-24(2,3)4/h5-10,14H,11-13,15H2,1-4H3. The fourth-order valence-corrected chi connectivity index (χ4v) is 3.10. The molecular weight excluding hydrogens is 399 g/mol. The van der Waals surface area contributed by atoms with Crippen LogP contribution in [0.25, 0.3) is 5.57 Å². The number of aromatic nitrogens is 1. The molecule has 31 heavy (non-hydrogen) atoms. The van der Waals surface area contributed by atoms with Crippen LogP contribution in [0.1, 0.15) is 55.7 Å². The van der Waals surface area contributed by atoms with Gasteiger partial charge in [0, 0.05) is 30.3 Å². The van der Waals surface area contributed by atoms with Crippen molar-refractivity contribution in [2.45, 2.75) is 46.3 Å². The number of nitrogens with zero attached hydrogens (tertiary/aromatic N) is 2. The van der Waals surface area contributed by atoms with Crippen molar-refractivity contribution in [3.05, 3.63) is 65.1 Å². The average Bonchev–Trinajstić information content (AvgIpc) is 2.72. The van der Waals surface area contributed by atoms with Crippen molar-refractivity contribution in [3.63, 3.8) is 0 Å². The molecule has 1 aromatic heterocycles. The minimum Gasteiger partial charge on any atom is -0.473 e. The fraction of sp³-hybridized carbons (Fsp3) is 0.375. The van der Waals surface area contributed by atoms with E-state index in [1.807, 2.05) is 39.0 Å². The molecule has 1 amide bonds. The van der Waals surface area contributed by atoms with Crippen molar-refractivity contribution in [1.29, 1.82) is 0 Å². The normalized spacial score (nSPS) is 14.1. The Bertz CT molecular complexity index is 1010. The Kier molecular flexibility index (Phi) is 6.73. The SMILES string of the molecule is CC(=O)c1ccc(COc2cccc(C3=CCN(C(=O)OC(C)(C)C)CC3)n2)c(F)c1. The smallest absolute Gasteiger partial charge is 0.410 e. The number of amides is 1. The molecule has 3 rings (SSSR count). The number of hydrogen-bond acceptors (Lipinski definition) is 5. The van der Waals surface area contributed by atoms with Gasteiger partial charge in [-0.25, -0.2) is 14.2 Å². The van der Waals surface area contributed by atoms with Gasteiger partial charge in [0.05, 0.1) is 5.69 Å². The molecule has 0 saturated heterocycles. The maximum atomic E-state index is 14.2. The Morgan fingerprint density at radius 2 is 1.97 bits per heavy atom. The predicted molar refractivity (Wildman–Crippen MR) is 115 cm³/mol. The number of benzene rings is 1. The number of carbonyl (C=O) groups excluding carboxylic acids is 2. The lowest BCUT2D eigenvalue weighted by molar-refractivity contribution is 0.0270. The van der Waals surface area contributed by atoms with Gasteiger partial charge in [-0.3, -0.25) is 4.79 Å². The zero-order chi connectivity index (χ0) is 22.6. The first kappa shape index (κ1) is 22.5. The van der Waals surface area contributed by atoms with Gasteiger partial charge in [-0.2, -0.15) is 0 Å². The molecule has 164 valence electrons. The van der Waals surface area contributed by atoms with Crippen LogP contribution >= 0.6 is 0 Å². The summed E-state index contributed by atoms with van der Waals surface area (Å²) in [7, 11) is 0. The van der Waals surface area contributed by atoms with E-state index in [1.54, 1.807) is 23.1 Å². The second-order valence-corrected chi connectivity index (χ2v) is 8.42. The highest BCUT2D eigenvalue weighted by Gasteiger charge is 2.24. The molecule has 1 aliphatic rings. The zero-order valence-corrected chi connectivity index (χ0v) is 18.3. The van der Waals surface area contributed by atoms with E-state index < -0.39 is 11.4 Å². The summed E-state index contributed by atoms with van der Waals surface area (Å²) in [5, 5.41) is 0. The van der Waals surface area contributed by atoms with E-state index in [4.69, 9.17) is 9.47 Å². The third-order valence-electron chi connectivity index (χ3n) is 4.75. The molecule has 0 N–H and O–H groups in total. The van der Waals surface area contributed by atoms with Crippen molar-refractivity contribution >= 4 is 17.4 Å². The van der Waals surface area contributed by atoms with Crippen LogP contribution in [0.2, 0.25) is 0 Å². The summed E-state index contributed by atoms with van der Waals surface area (Å²) in [6.45, 7) is 7.92. The highest BCUT2D eigenvalue weighted by atomic mass is 19.1. The first-order valence-electron chi connectivity index (χ1n) is 10.2. The lowest BCUT2D eigenvalue weighted by atomic mass is 10.0. The van der Waals surface area contributed by atoms with E-state index in [-0.39, 0.29) is 18.5 Å². The second kappa shape index (κ2) is 9.29. The summed E-state index contributed by atoms with van der Waals surface area (Å²) in [6.07, 6.45) is 2.28. The quantitative estimate of drug-likeness (QED) is 0.628. The predicted octanol–water partition coefficient (Wildman–Crippen LogP) is 5.03. The molecule has 6 nitrogen and oxygen atoms in total. The molecule has 2 heterocycles. The Morgan fingerprint density at radius 1 is 1.19 bits per heavy atom. The van der Waals surface area contributed by atoms with E-state index in [9.17, 15) is 14.0 Å². The van der Waals surface area contributed by atoms with Gasteiger partial charge in [-0.1, -0.05) is 24.3 Å². The van der Waals surface area contributed by atoms with Crippen LogP contribution in [0, 0.1) is 5.82 Å². The third-order valence-corrected chi connectivity index (χ3v) is 4.75. The van der Waals surface area contributed by atoms with Crippen LogP contribution in [0.5, 0.6) is 5.88 Å². The number of carbonyl (C=O) groups is 2. The number of ether oxygens (including phenoxy) is 2. The van der Waals surface area contributed by atoms with Crippen LogP contribution in [0.3, 0.4) is 0 Å². The number of pyridine rings is 1. The van der Waals surface area contributed by atoms with Crippen molar-refractivity contribution in [3.8, 4) is 5.88 Å². The summed E-state index contributed by atoms with van der Waals surface area (Å²) in [4.78, 5) is 29.7. The summed E-state index contributed by atoms with van der Waals surface area (Å²) in [6, 6.07) is 9.76. The van der Waals surface area contributed by atoms with Crippen LogP contribution in [0.15, 0.2) is 42.5 Å². The number of ketones is 1. The molecular formula is C24H27FN2O4. The topological polar surface area (TPSA) is 68.7 Å². The molecule has 7 heteroatoms. The van der Waals surface area contributed by atoms with E-state index >= 15 is 0 Å². The van der Waals surface area contributed by atoms with Crippen LogP contribution in [-0.2, 0) is 11.3 Å². The van der Waals surface area contributed by atoms with Gasteiger partial charge in [-0.05, 0) is 51.8 Å². The zero-order valence-electron chi connectivity index (χ0n) is 18.3. The molecule has 0 spiro atoms. The summed E-state index contributed by atoms with van der Waals surface area (Å²) < 4.78 is 25.3. The lowest BCUT2D eigenvalue weighted by Gasteiger charge is -2.29. The van der Waals surface area contributed by atoms with Crippen LogP contribution in [0.4, 0.5) is 9.18 Å². The minimum atomic E-state index is -0.528. The van der Waals surface area contributed by atoms with E-state index in [0.717, 1.165) is 11.3 Å². The van der Waals surface area contributed by atoms with Crippen LogP contribution in [-0.4, -0.2) is 40.5 Å². The highest BCUT2D eigenvalue weighted by Crippen LogP contribution is 2.24. The summed E-state index contributed by atoms with van der Waals surface area (Å²) >= 11 is 0. The molecule has 0 aliphatic carbocycles. The molecule has 2 aromatic rings. The Morgan fingerprint density at radius 3 is 2.58 bits per heavy atom. The number of Topliss-reactive ketones (excluding diaryl/α,β-unsaturated/α-hetero) is 1. The fourth-order valence-electron chi connectivity index (χ4n) is 3.10. The highest BCUT2D eigenvalue weighted by molar-refractivity contribution is 5.94. The van der Waals surface area contributed by atoms with Crippen molar-refractivity contribution in [2.75, 3.05) is 13.1 Å². The second-order valence-electron chi connectivity index (χ2n) is 8.42. The van der Waals surface area contributed by atoms with Crippen molar-refractivity contribution in [2.24, 2.45) is 0 Å². The van der Waals surface area contributed by atoms with E-state index in [0.29, 0.717) is 36.5 Å². The molecule has 1 aliphatic heterocycles. The molecule has 0 unspecified atom stereocenters. The van der Waals surface area contributed by atoms with Gasteiger partial charge in [-0.15, -0.1) is 0 Å². The first-order valence-corrected chi connectivity index (χ1v) is 10.2. The maximum Gasteiger partial charge on any atom is 0.410 e. The Hall–Kier alpha value is -3.22. The van der Waals surface area contributed by atoms with Crippen LogP contribution < -0.4 is 4.74 Å². The minimum absolute atomic E-state index is 0.00589. The molecule has 0 radical (unpaired) electrons. The Labute approximate surface area is 181 Å². The van der Waals surface area contributed by atoms with Crippen molar-refractivity contribution < 1.29 is 23.5 Å². The van der Waals surface area contributed by atoms with Gasteiger partial charge in [0.15, 0.2) is 5.78 Å². The third kappa shape index (κ3) is 6.13. The van der Waals surface area contributed by atoms with Gasteiger partial charge in [0.1, 0.15) is 18.0 Å². The van der Waals surface area contributed by atoms with E-state index in [2.05, 4.69) is 4.98 Å². The first-order chi connectivity index (χ1) is 14.6. The number of halogens is 1. The van der Waals surface area contributed by atoms with Gasteiger partial charge < -0.3 is 14.4 Å². The molecule has 0 bridgehead atoms. The monoisotopic (exact) mass is 426 g/mol. The lowest BCUT2D eigenvalue weighted by Crippen LogP contribution is -2.39. The molecule has 0 fully saturated rings. The van der Waals surface area contributed by atoms with Gasteiger partial charge in [0.25, 0.3) is 0 Å². The largest absolute Gasteiger partial charge is 0.473 e. The average molecular weight is 426 g/mol. The Balaban J connectivity index is 1.63. The molecule has 0 saturated carbocycles. The molecule has 1 aromatic carbocycles. The number of hydrogen-bond donors (Lipinski definition) is 0. The number of rotatable bonds is 5. The summed E-state index contributed by atoms with van der Waals surface area (Å²) in [5.41, 5.74) is 1.92. The van der Waals surface area contributed by atoms with Gasteiger partial charge >= 0.3 is 6.09 Å². The van der Waals surface area contributed by atoms with Gasteiger partial charge in [0.2, 0.25) is 5.88 Å². The van der Waals surface area contributed by atoms with Crippen molar-refractivity contribution in [1.82, 2.24) is 9.88 Å². The molecule has 0 atom stereocenters. The summed E-state index contributed by atoms with van der Waals surface area (Å²) in [5.74, 6) is -0.296. The van der Waals surface area contributed by atoms with E-state index in [1.165, 1.54) is 13.0 Å². The maximum absolute atomic E-state index is 14.2.